The summed E-state index contributed by atoms with van der Waals surface area (Å²) >= 11 is 0. The molecule has 118 valence electrons. The van der Waals surface area contributed by atoms with E-state index in [1.807, 2.05) is 0 Å². The molecule has 2 rings (SSSR count). The third kappa shape index (κ3) is 3.62. The molecule has 1 fully saturated rings. The molecule has 1 aromatic carbocycles. The van der Waals surface area contributed by atoms with Crippen LogP contribution < -0.4 is 5.32 Å². The minimum Gasteiger partial charge on any atom is -0.508 e. The van der Waals surface area contributed by atoms with Crippen LogP contribution in [0.25, 0.3) is 0 Å². The van der Waals surface area contributed by atoms with E-state index in [0.29, 0.717) is 25.2 Å². The second kappa shape index (κ2) is 6.15. The summed E-state index contributed by atoms with van der Waals surface area (Å²) in [5.41, 5.74) is -1.43. The van der Waals surface area contributed by atoms with Gasteiger partial charge in [-0.15, -0.1) is 0 Å². The van der Waals surface area contributed by atoms with E-state index in [-0.39, 0.29) is 18.7 Å². The van der Waals surface area contributed by atoms with Crippen LogP contribution in [-0.4, -0.2) is 42.6 Å². The van der Waals surface area contributed by atoms with Gasteiger partial charge < -0.3 is 10.4 Å². The van der Waals surface area contributed by atoms with Gasteiger partial charge in [0.2, 0.25) is 0 Å². The average Bonchev–Trinajstić information content (AvgIpc) is 2.40. The van der Waals surface area contributed by atoms with Gasteiger partial charge in [0.1, 0.15) is 11.8 Å². The number of phenols is 1. The number of hydrogen-bond donors (Lipinski definition) is 2. The number of aromatic hydroxyl groups is 1. The van der Waals surface area contributed by atoms with Crippen LogP contribution in [-0.2, 0) is 6.18 Å². The normalized spacial score (nSPS) is 19.0. The van der Waals surface area contributed by atoms with Crippen molar-refractivity contribution in [2.75, 3.05) is 26.2 Å². The van der Waals surface area contributed by atoms with Crippen molar-refractivity contribution >= 4 is 0 Å². The summed E-state index contributed by atoms with van der Waals surface area (Å²) < 4.78 is 64.8. The Kier molecular flexibility index (Phi) is 4.67. The fraction of sp³-hybridized carbons (Fsp3) is 0.538. The molecule has 0 bridgehead atoms. The van der Waals surface area contributed by atoms with Gasteiger partial charge in [0, 0.05) is 31.7 Å². The van der Waals surface area contributed by atoms with Crippen molar-refractivity contribution in [3.05, 3.63) is 29.3 Å². The van der Waals surface area contributed by atoms with Crippen LogP contribution in [0, 0.1) is 0 Å². The van der Waals surface area contributed by atoms with Crippen molar-refractivity contribution in [2.24, 2.45) is 0 Å². The molecule has 0 radical (unpaired) electrons. The third-order valence-electron chi connectivity index (χ3n) is 3.46. The lowest BCUT2D eigenvalue weighted by molar-refractivity contribution is -0.137. The number of nitrogens with zero attached hydrogens (tertiary/aromatic N) is 1. The van der Waals surface area contributed by atoms with Crippen molar-refractivity contribution in [3.63, 3.8) is 0 Å². The zero-order chi connectivity index (χ0) is 15.6. The van der Waals surface area contributed by atoms with Gasteiger partial charge in [-0.25, -0.2) is 8.78 Å². The number of nitrogens with one attached hydrogen (secondary N) is 1. The van der Waals surface area contributed by atoms with Crippen LogP contribution in [0.15, 0.2) is 18.2 Å². The monoisotopic (exact) mass is 310 g/mol. The lowest BCUT2D eigenvalue weighted by atomic mass is 10.0. The standard InChI is InChI=1S/C13H15F5N2O/c14-12(15)11(20-5-3-19-4-6-20)9-7-8(13(16,17)18)1-2-10(9)21/h1-2,7,11-12,19,21H,3-6H2/t11-/m0/s1. The summed E-state index contributed by atoms with van der Waals surface area (Å²) in [6, 6.07) is 0.553. The van der Waals surface area contributed by atoms with Crippen molar-refractivity contribution in [3.8, 4) is 5.75 Å². The number of hydrogen-bond acceptors (Lipinski definition) is 3. The molecule has 0 aromatic heterocycles. The maximum absolute atomic E-state index is 13.3. The van der Waals surface area contributed by atoms with Gasteiger partial charge in [0.25, 0.3) is 6.43 Å². The van der Waals surface area contributed by atoms with Crippen molar-refractivity contribution in [1.29, 1.82) is 0 Å². The molecule has 1 atom stereocenters. The van der Waals surface area contributed by atoms with Gasteiger partial charge in [-0.2, -0.15) is 13.2 Å². The van der Waals surface area contributed by atoms with Gasteiger partial charge in [0.05, 0.1) is 5.56 Å². The number of halogens is 5. The number of phenolic OH excluding ortho intramolecular Hbond substituents is 1. The minimum absolute atomic E-state index is 0.282. The van der Waals surface area contributed by atoms with E-state index in [1.54, 1.807) is 0 Å². The number of piperazine rings is 1. The third-order valence-corrected chi connectivity index (χ3v) is 3.46. The van der Waals surface area contributed by atoms with Gasteiger partial charge >= 0.3 is 6.18 Å². The second-order valence-electron chi connectivity index (χ2n) is 4.84. The van der Waals surface area contributed by atoms with E-state index >= 15 is 0 Å². The molecule has 0 unspecified atom stereocenters. The number of benzene rings is 1. The maximum Gasteiger partial charge on any atom is 0.416 e. The molecule has 3 nitrogen and oxygen atoms in total. The van der Waals surface area contributed by atoms with Crippen LogP contribution in [0.5, 0.6) is 5.75 Å². The van der Waals surface area contributed by atoms with E-state index in [2.05, 4.69) is 5.32 Å². The molecule has 0 saturated carbocycles. The van der Waals surface area contributed by atoms with Gasteiger partial charge in [-0.05, 0) is 18.2 Å². The quantitative estimate of drug-likeness (QED) is 0.843. The van der Waals surface area contributed by atoms with Crippen LogP contribution in [0.4, 0.5) is 22.0 Å². The molecule has 1 heterocycles. The largest absolute Gasteiger partial charge is 0.508 e. The number of rotatable bonds is 3. The molecular weight excluding hydrogens is 295 g/mol. The van der Waals surface area contributed by atoms with Crippen LogP contribution in [0.2, 0.25) is 0 Å². The maximum atomic E-state index is 13.3. The Morgan fingerprint density at radius 2 is 1.76 bits per heavy atom. The molecule has 0 spiro atoms. The summed E-state index contributed by atoms with van der Waals surface area (Å²) in [6.07, 6.45) is -7.53. The highest BCUT2D eigenvalue weighted by atomic mass is 19.4. The van der Waals surface area contributed by atoms with Crippen LogP contribution >= 0.6 is 0 Å². The van der Waals surface area contributed by atoms with E-state index in [9.17, 15) is 27.1 Å². The minimum atomic E-state index is -4.64. The zero-order valence-electron chi connectivity index (χ0n) is 11.0. The first-order chi connectivity index (χ1) is 9.80. The Balaban J connectivity index is 2.39. The predicted octanol–water partition coefficient (Wildman–Crippen LogP) is 2.62. The van der Waals surface area contributed by atoms with Crippen molar-refractivity contribution in [1.82, 2.24) is 10.2 Å². The Morgan fingerprint density at radius 1 is 1.14 bits per heavy atom. The molecule has 8 heteroatoms. The van der Waals surface area contributed by atoms with Crippen LogP contribution in [0.1, 0.15) is 17.2 Å². The smallest absolute Gasteiger partial charge is 0.416 e. The molecular formula is C13H15F5N2O. The Hall–Kier alpha value is -1.41. The summed E-state index contributed by atoms with van der Waals surface area (Å²) in [6.45, 7) is 1.52. The lowest BCUT2D eigenvalue weighted by Crippen LogP contribution is -2.47. The summed E-state index contributed by atoms with van der Waals surface area (Å²) in [5.74, 6) is -0.549. The molecule has 1 aliphatic rings. The molecule has 1 aromatic rings. The van der Waals surface area contributed by atoms with E-state index in [0.717, 1.165) is 6.07 Å². The fourth-order valence-corrected chi connectivity index (χ4v) is 2.42. The van der Waals surface area contributed by atoms with Gasteiger partial charge in [-0.3, -0.25) is 4.90 Å². The lowest BCUT2D eigenvalue weighted by Gasteiger charge is -2.35. The van der Waals surface area contributed by atoms with Crippen LogP contribution in [0.3, 0.4) is 0 Å². The highest BCUT2D eigenvalue weighted by molar-refractivity contribution is 5.40. The molecule has 0 aliphatic carbocycles. The predicted molar refractivity (Wildman–Crippen MR) is 66.3 cm³/mol. The SMILES string of the molecule is Oc1ccc(C(F)(F)F)cc1[C@@H](C(F)F)N1CCNCC1. The van der Waals surface area contributed by atoms with Gasteiger partial charge in [-0.1, -0.05) is 0 Å². The van der Waals surface area contributed by atoms with E-state index in [1.165, 1.54) is 4.90 Å². The summed E-state index contributed by atoms with van der Waals surface area (Å²) in [5, 5.41) is 12.7. The zero-order valence-corrected chi connectivity index (χ0v) is 11.0. The number of alkyl halides is 5. The second-order valence-corrected chi connectivity index (χ2v) is 4.84. The molecule has 21 heavy (non-hydrogen) atoms. The highest BCUT2D eigenvalue weighted by Gasteiger charge is 2.36. The Bertz CT molecular complexity index is 486. The molecule has 1 saturated heterocycles. The van der Waals surface area contributed by atoms with Crippen molar-refractivity contribution < 1.29 is 27.1 Å². The van der Waals surface area contributed by atoms with E-state index in [4.69, 9.17) is 0 Å². The fourth-order valence-electron chi connectivity index (χ4n) is 2.42. The molecule has 2 N–H and O–H groups in total. The molecule has 1 aliphatic heterocycles. The van der Waals surface area contributed by atoms with Crippen molar-refractivity contribution in [2.45, 2.75) is 18.6 Å². The first-order valence-corrected chi connectivity index (χ1v) is 6.43. The summed E-state index contributed by atoms with van der Waals surface area (Å²) in [4.78, 5) is 1.39. The van der Waals surface area contributed by atoms with E-state index < -0.39 is 30.0 Å². The first kappa shape index (κ1) is 16.0. The van der Waals surface area contributed by atoms with Gasteiger partial charge in [0.15, 0.2) is 0 Å². The Morgan fingerprint density at radius 3 is 2.29 bits per heavy atom. The first-order valence-electron chi connectivity index (χ1n) is 6.43. The Labute approximate surface area is 118 Å². The highest BCUT2D eigenvalue weighted by Crippen LogP contribution is 2.38. The summed E-state index contributed by atoms with van der Waals surface area (Å²) in [7, 11) is 0. The molecule has 0 amide bonds. The average molecular weight is 310 g/mol. The topological polar surface area (TPSA) is 35.5 Å².